The number of H-pyrrole nitrogens is 1. The van der Waals surface area contributed by atoms with E-state index in [9.17, 15) is 0 Å². The monoisotopic (exact) mass is 235 g/mol. The van der Waals surface area contributed by atoms with E-state index < -0.39 is 0 Å². The second-order valence-corrected chi connectivity index (χ2v) is 4.63. The first kappa shape index (κ1) is 9.71. The van der Waals surface area contributed by atoms with Crippen LogP contribution in [0.15, 0.2) is 42.5 Å². The number of aromatic nitrogens is 2. The maximum atomic E-state index is 4.34. The molecule has 0 amide bonds. The van der Waals surface area contributed by atoms with Crippen molar-refractivity contribution in [1.82, 2.24) is 10.2 Å². The average Bonchev–Trinajstić information content (AvgIpc) is 3.01. The fraction of sp³-hybridized carbons (Fsp3) is 0.133. The lowest BCUT2D eigenvalue weighted by atomic mass is 9.99. The number of hydrogen-bond donors (Lipinski definition) is 2. The summed E-state index contributed by atoms with van der Waals surface area (Å²) in [6.45, 7) is 0.990. The van der Waals surface area contributed by atoms with E-state index >= 15 is 0 Å². The van der Waals surface area contributed by atoms with Gasteiger partial charge in [-0.3, -0.25) is 5.10 Å². The number of nitrogens with zero attached hydrogens (tertiary/aromatic N) is 1. The van der Waals surface area contributed by atoms with Crippen LogP contribution in [-0.4, -0.2) is 16.7 Å². The molecule has 88 valence electrons. The molecule has 0 saturated carbocycles. The Labute approximate surface area is 105 Å². The zero-order valence-corrected chi connectivity index (χ0v) is 9.90. The second-order valence-electron chi connectivity index (χ2n) is 4.63. The molecule has 0 unspecified atom stereocenters. The molecule has 3 heteroatoms. The lowest BCUT2D eigenvalue weighted by Gasteiger charge is -2.05. The molecule has 0 spiro atoms. The Balaban J connectivity index is 2.02. The minimum atomic E-state index is 0.990. The molecule has 0 bridgehead atoms. The van der Waals surface area contributed by atoms with Crippen LogP contribution in [0.3, 0.4) is 0 Å². The highest BCUT2D eigenvalue weighted by Gasteiger charge is 2.19. The number of benzene rings is 2. The number of hydrogen-bond acceptors (Lipinski definition) is 2. The second kappa shape index (κ2) is 3.60. The number of aromatic amines is 1. The maximum Gasteiger partial charge on any atom is 0.151 e. The van der Waals surface area contributed by atoms with Gasteiger partial charge in [-0.05, 0) is 17.2 Å². The third-order valence-electron chi connectivity index (χ3n) is 3.59. The lowest BCUT2D eigenvalue weighted by Crippen LogP contribution is -1.94. The van der Waals surface area contributed by atoms with Gasteiger partial charge in [0.2, 0.25) is 0 Å². The molecule has 18 heavy (non-hydrogen) atoms. The van der Waals surface area contributed by atoms with E-state index in [2.05, 4.69) is 58.0 Å². The summed E-state index contributed by atoms with van der Waals surface area (Å²) in [6, 6.07) is 14.9. The molecule has 2 heterocycles. The Morgan fingerprint density at radius 2 is 1.89 bits per heavy atom. The zero-order valence-electron chi connectivity index (χ0n) is 9.90. The smallest absolute Gasteiger partial charge is 0.151 e. The Morgan fingerprint density at radius 1 is 1.00 bits per heavy atom. The van der Waals surface area contributed by atoms with Gasteiger partial charge in [-0.15, -0.1) is 0 Å². The number of fused-ring (bicyclic) bond motifs is 2. The highest BCUT2D eigenvalue weighted by Crippen LogP contribution is 2.34. The Morgan fingerprint density at radius 3 is 2.89 bits per heavy atom. The zero-order chi connectivity index (χ0) is 11.9. The van der Waals surface area contributed by atoms with Crippen molar-refractivity contribution in [1.29, 1.82) is 0 Å². The van der Waals surface area contributed by atoms with Crippen LogP contribution < -0.4 is 5.32 Å². The van der Waals surface area contributed by atoms with Crippen molar-refractivity contribution in [3.05, 3.63) is 48.0 Å². The molecule has 1 aliphatic rings. The summed E-state index contributed by atoms with van der Waals surface area (Å²) in [5, 5.41) is 13.4. The van der Waals surface area contributed by atoms with E-state index in [-0.39, 0.29) is 0 Å². The Kier molecular flexibility index (Phi) is 1.94. The first-order valence-corrected chi connectivity index (χ1v) is 6.23. The third-order valence-corrected chi connectivity index (χ3v) is 3.59. The van der Waals surface area contributed by atoms with Crippen LogP contribution >= 0.6 is 0 Å². The lowest BCUT2D eigenvalue weighted by molar-refractivity contribution is 1.04. The molecule has 0 radical (unpaired) electrons. The summed E-state index contributed by atoms with van der Waals surface area (Å²) in [6.07, 6.45) is 1.05. The van der Waals surface area contributed by atoms with Gasteiger partial charge in [0, 0.05) is 17.7 Å². The van der Waals surface area contributed by atoms with E-state index in [1.165, 1.54) is 21.9 Å². The van der Waals surface area contributed by atoms with Crippen LogP contribution in [0.5, 0.6) is 0 Å². The predicted octanol–water partition coefficient (Wildman–Crippen LogP) is 3.20. The molecule has 2 N–H and O–H groups in total. The Bertz CT molecular complexity index is 722. The van der Waals surface area contributed by atoms with E-state index in [1.807, 2.05) is 0 Å². The van der Waals surface area contributed by atoms with Crippen molar-refractivity contribution in [3.8, 4) is 11.3 Å². The van der Waals surface area contributed by atoms with Crippen molar-refractivity contribution in [2.75, 3.05) is 11.9 Å². The fourth-order valence-electron chi connectivity index (χ4n) is 2.73. The summed E-state index contributed by atoms with van der Waals surface area (Å²) < 4.78 is 0. The first-order valence-electron chi connectivity index (χ1n) is 6.23. The molecule has 1 aromatic heterocycles. The molecule has 4 rings (SSSR count). The molecule has 3 nitrogen and oxygen atoms in total. The number of anilines is 1. The SMILES string of the molecule is c1ccc2c(-c3[nH]nc4c3CCN4)cccc2c1. The topological polar surface area (TPSA) is 40.7 Å². The quantitative estimate of drug-likeness (QED) is 0.680. The van der Waals surface area contributed by atoms with Gasteiger partial charge >= 0.3 is 0 Å². The normalized spacial score (nSPS) is 13.6. The molecule has 0 atom stereocenters. The van der Waals surface area contributed by atoms with Gasteiger partial charge in [-0.1, -0.05) is 42.5 Å². The minimum Gasteiger partial charge on any atom is -0.368 e. The molecule has 2 aromatic carbocycles. The van der Waals surface area contributed by atoms with Crippen LogP contribution in [-0.2, 0) is 6.42 Å². The summed E-state index contributed by atoms with van der Waals surface area (Å²) in [5.74, 6) is 1.01. The summed E-state index contributed by atoms with van der Waals surface area (Å²) >= 11 is 0. The van der Waals surface area contributed by atoms with Crippen molar-refractivity contribution >= 4 is 16.6 Å². The van der Waals surface area contributed by atoms with Crippen molar-refractivity contribution < 1.29 is 0 Å². The third kappa shape index (κ3) is 1.27. The van der Waals surface area contributed by atoms with Gasteiger partial charge in [0.15, 0.2) is 5.82 Å². The Hall–Kier alpha value is -2.29. The van der Waals surface area contributed by atoms with Crippen LogP contribution in [0, 0.1) is 0 Å². The highest BCUT2D eigenvalue weighted by atomic mass is 15.2. The van der Waals surface area contributed by atoms with E-state index in [4.69, 9.17) is 0 Å². The van der Waals surface area contributed by atoms with Crippen LogP contribution in [0.25, 0.3) is 22.0 Å². The molecule has 0 saturated heterocycles. The summed E-state index contributed by atoms with van der Waals surface area (Å²) in [7, 11) is 0. The van der Waals surface area contributed by atoms with Crippen molar-refractivity contribution in [3.63, 3.8) is 0 Å². The summed E-state index contributed by atoms with van der Waals surface area (Å²) in [5.41, 5.74) is 3.71. The van der Waals surface area contributed by atoms with Crippen LogP contribution in [0.1, 0.15) is 5.56 Å². The minimum absolute atomic E-state index is 0.990. The maximum absolute atomic E-state index is 4.34. The van der Waals surface area contributed by atoms with Gasteiger partial charge in [0.25, 0.3) is 0 Å². The van der Waals surface area contributed by atoms with Crippen LogP contribution in [0.2, 0.25) is 0 Å². The molecular formula is C15H13N3. The molecule has 0 fully saturated rings. The first-order chi connectivity index (χ1) is 8.93. The number of rotatable bonds is 1. The molecule has 1 aliphatic heterocycles. The molecular weight excluding hydrogens is 222 g/mol. The van der Waals surface area contributed by atoms with Crippen LogP contribution in [0.4, 0.5) is 5.82 Å². The van der Waals surface area contributed by atoms with E-state index in [1.54, 1.807) is 0 Å². The van der Waals surface area contributed by atoms with Gasteiger partial charge in [-0.25, -0.2) is 0 Å². The largest absolute Gasteiger partial charge is 0.368 e. The van der Waals surface area contributed by atoms with E-state index in [0.29, 0.717) is 0 Å². The summed E-state index contributed by atoms with van der Waals surface area (Å²) in [4.78, 5) is 0. The average molecular weight is 235 g/mol. The number of nitrogens with one attached hydrogen (secondary N) is 2. The molecule has 0 aliphatic carbocycles. The highest BCUT2D eigenvalue weighted by molar-refractivity contribution is 5.97. The van der Waals surface area contributed by atoms with E-state index in [0.717, 1.165) is 24.5 Å². The standard InChI is InChI=1S/C15H13N3/c1-2-6-11-10(4-1)5-3-7-12(11)14-13-8-9-16-15(13)18-17-14/h1-7H,8-9H2,(H2,16,17,18). The van der Waals surface area contributed by atoms with Gasteiger partial charge < -0.3 is 5.32 Å². The van der Waals surface area contributed by atoms with Gasteiger partial charge in [-0.2, -0.15) is 5.10 Å². The van der Waals surface area contributed by atoms with Gasteiger partial charge in [0.1, 0.15) is 0 Å². The van der Waals surface area contributed by atoms with Gasteiger partial charge in [0.05, 0.1) is 5.69 Å². The van der Waals surface area contributed by atoms with Crippen molar-refractivity contribution in [2.24, 2.45) is 0 Å². The molecule has 3 aromatic rings. The fourth-order valence-corrected chi connectivity index (χ4v) is 2.73. The van der Waals surface area contributed by atoms with Crippen molar-refractivity contribution in [2.45, 2.75) is 6.42 Å². The predicted molar refractivity (Wildman–Crippen MR) is 73.7 cm³/mol.